The molecule has 0 amide bonds. The summed E-state index contributed by atoms with van der Waals surface area (Å²) in [6, 6.07) is 8.19. The zero-order chi connectivity index (χ0) is 12.1. The van der Waals surface area contributed by atoms with Crippen LogP contribution in [-0.4, -0.2) is 25.0 Å². The number of benzene rings is 1. The average Bonchev–Trinajstić information content (AvgIpc) is 2.84. The molecule has 2 rings (SSSR count). The molecule has 5 heteroatoms. The standard InChI is InChI=1S/C12H17ClN2OS/c13-10-2-1-3-11(6-10)17-8-12(15-14)9-4-5-16-7-9/h1-3,6,9,12,15H,4-5,7-8,14H2. The molecule has 0 aromatic heterocycles. The van der Waals surface area contributed by atoms with Crippen molar-refractivity contribution in [3.05, 3.63) is 29.3 Å². The van der Waals surface area contributed by atoms with Crippen LogP contribution in [0, 0.1) is 5.92 Å². The first-order valence-electron chi connectivity index (χ1n) is 5.72. The van der Waals surface area contributed by atoms with Gasteiger partial charge < -0.3 is 4.74 Å². The van der Waals surface area contributed by atoms with Gasteiger partial charge in [0.2, 0.25) is 0 Å². The van der Waals surface area contributed by atoms with Gasteiger partial charge in [0.15, 0.2) is 0 Å². The zero-order valence-electron chi connectivity index (χ0n) is 9.56. The van der Waals surface area contributed by atoms with Gasteiger partial charge in [-0.1, -0.05) is 17.7 Å². The van der Waals surface area contributed by atoms with Crippen LogP contribution in [0.3, 0.4) is 0 Å². The molecule has 1 aromatic carbocycles. The first-order valence-corrected chi connectivity index (χ1v) is 7.08. The normalized spacial score (nSPS) is 21.6. The third-order valence-corrected chi connectivity index (χ3v) is 4.32. The average molecular weight is 273 g/mol. The van der Waals surface area contributed by atoms with Crippen molar-refractivity contribution in [2.45, 2.75) is 17.4 Å². The largest absolute Gasteiger partial charge is 0.381 e. The monoisotopic (exact) mass is 272 g/mol. The molecule has 0 bridgehead atoms. The fraction of sp³-hybridized carbons (Fsp3) is 0.500. The van der Waals surface area contributed by atoms with E-state index in [1.165, 1.54) is 4.90 Å². The molecule has 17 heavy (non-hydrogen) atoms. The number of thioether (sulfide) groups is 1. The van der Waals surface area contributed by atoms with Gasteiger partial charge in [0.05, 0.1) is 6.61 Å². The lowest BCUT2D eigenvalue weighted by Gasteiger charge is -2.20. The summed E-state index contributed by atoms with van der Waals surface area (Å²) in [5.41, 5.74) is 2.90. The fourth-order valence-electron chi connectivity index (χ4n) is 1.93. The van der Waals surface area contributed by atoms with Crippen LogP contribution in [0.5, 0.6) is 0 Å². The van der Waals surface area contributed by atoms with Gasteiger partial charge in [0.1, 0.15) is 0 Å². The number of hydrogen-bond acceptors (Lipinski definition) is 4. The van der Waals surface area contributed by atoms with Gasteiger partial charge in [-0.25, -0.2) is 0 Å². The Balaban J connectivity index is 1.87. The highest BCUT2D eigenvalue weighted by molar-refractivity contribution is 7.99. The second-order valence-electron chi connectivity index (χ2n) is 4.17. The molecular weight excluding hydrogens is 256 g/mol. The Morgan fingerprint density at radius 3 is 3.12 bits per heavy atom. The van der Waals surface area contributed by atoms with E-state index in [4.69, 9.17) is 22.2 Å². The second kappa shape index (κ2) is 6.61. The van der Waals surface area contributed by atoms with Crippen molar-refractivity contribution in [1.29, 1.82) is 0 Å². The molecule has 1 aromatic rings. The molecule has 1 fully saturated rings. The summed E-state index contributed by atoms with van der Waals surface area (Å²) >= 11 is 7.72. The van der Waals surface area contributed by atoms with Gasteiger partial charge >= 0.3 is 0 Å². The molecule has 1 heterocycles. The molecule has 1 aliphatic rings. The lowest BCUT2D eigenvalue weighted by Crippen LogP contribution is -2.43. The van der Waals surface area contributed by atoms with E-state index >= 15 is 0 Å². The molecular formula is C12H17ClN2OS. The predicted molar refractivity (Wildman–Crippen MR) is 72.2 cm³/mol. The Bertz CT molecular complexity index is 358. The Morgan fingerprint density at radius 1 is 1.59 bits per heavy atom. The first kappa shape index (κ1) is 13.2. The van der Waals surface area contributed by atoms with Crippen molar-refractivity contribution < 1.29 is 4.74 Å². The van der Waals surface area contributed by atoms with Crippen molar-refractivity contribution >= 4 is 23.4 Å². The van der Waals surface area contributed by atoms with Gasteiger partial charge in [-0.3, -0.25) is 11.3 Å². The molecule has 94 valence electrons. The minimum atomic E-state index is 0.293. The number of halogens is 1. The quantitative estimate of drug-likeness (QED) is 0.491. The number of rotatable bonds is 5. The van der Waals surface area contributed by atoms with Crippen molar-refractivity contribution in [3.63, 3.8) is 0 Å². The summed E-state index contributed by atoms with van der Waals surface area (Å²) in [7, 11) is 0. The van der Waals surface area contributed by atoms with Gasteiger partial charge in [-0.05, 0) is 24.6 Å². The van der Waals surface area contributed by atoms with Crippen LogP contribution >= 0.6 is 23.4 Å². The minimum Gasteiger partial charge on any atom is -0.381 e. The Kier molecular flexibility index (Phi) is 5.13. The highest BCUT2D eigenvalue weighted by Crippen LogP contribution is 2.25. The maximum atomic E-state index is 5.95. The van der Waals surface area contributed by atoms with E-state index in [1.807, 2.05) is 18.2 Å². The lowest BCUT2D eigenvalue weighted by atomic mass is 10.0. The molecule has 0 saturated carbocycles. The van der Waals surface area contributed by atoms with Crippen LogP contribution in [-0.2, 0) is 4.74 Å². The molecule has 3 nitrogen and oxygen atoms in total. The van der Waals surface area contributed by atoms with Crippen LogP contribution in [0.25, 0.3) is 0 Å². The van der Waals surface area contributed by atoms with E-state index in [0.29, 0.717) is 12.0 Å². The van der Waals surface area contributed by atoms with Crippen LogP contribution in [0.1, 0.15) is 6.42 Å². The maximum absolute atomic E-state index is 5.95. The second-order valence-corrected chi connectivity index (χ2v) is 5.70. The van der Waals surface area contributed by atoms with Crippen molar-refractivity contribution in [2.24, 2.45) is 11.8 Å². The molecule has 2 atom stereocenters. The first-order chi connectivity index (χ1) is 8.29. The third kappa shape index (κ3) is 3.86. The summed E-state index contributed by atoms with van der Waals surface area (Å²) in [6.45, 7) is 1.66. The Labute approximate surface area is 111 Å². The molecule has 1 aliphatic heterocycles. The molecule has 0 aliphatic carbocycles. The van der Waals surface area contributed by atoms with E-state index in [2.05, 4.69) is 11.5 Å². The van der Waals surface area contributed by atoms with Crippen LogP contribution in [0.15, 0.2) is 29.2 Å². The van der Waals surface area contributed by atoms with E-state index in [0.717, 1.165) is 30.4 Å². The molecule has 2 unspecified atom stereocenters. The molecule has 3 N–H and O–H groups in total. The summed E-state index contributed by atoms with van der Waals surface area (Å²) < 4.78 is 5.39. The highest BCUT2D eigenvalue weighted by Gasteiger charge is 2.24. The van der Waals surface area contributed by atoms with Gasteiger partial charge in [-0.2, -0.15) is 0 Å². The summed E-state index contributed by atoms with van der Waals surface area (Å²) in [6.07, 6.45) is 1.09. The fourth-order valence-corrected chi connectivity index (χ4v) is 3.31. The van der Waals surface area contributed by atoms with Crippen LogP contribution < -0.4 is 11.3 Å². The zero-order valence-corrected chi connectivity index (χ0v) is 11.1. The number of nitrogens with two attached hydrogens (primary N) is 1. The number of hydrazine groups is 1. The maximum Gasteiger partial charge on any atom is 0.0510 e. The Hall–Kier alpha value is -0.260. The third-order valence-electron chi connectivity index (χ3n) is 2.97. The minimum absolute atomic E-state index is 0.293. The molecule has 1 saturated heterocycles. The van der Waals surface area contributed by atoms with Gasteiger partial charge in [-0.15, -0.1) is 11.8 Å². The lowest BCUT2D eigenvalue weighted by molar-refractivity contribution is 0.179. The van der Waals surface area contributed by atoms with Gasteiger partial charge in [0, 0.05) is 34.2 Å². The van der Waals surface area contributed by atoms with Crippen molar-refractivity contribution in [2.75, 3.05) is 19.0 Å². The molecule has 0 radical (unpaired) electrons. The predicted octanol–water partition coefficient (Wildman–Crippen LogP) is 2.30. The van der Waals surface area contributed by atoms with E-state index in [-0.39, 0.29) is 0 Å². The van der Waals surface area contributed by atoms with E-state index in [1.54, 1.807) is 11.8 Å². The molecule has 0 spiro atoms. The summed E-state index contributed by atoms with van der Waals surface area (Å²) in [4.78, 5) is 1.18. The van der Waals surface area contributed by atoms with Crippen LogP contribution in [0.2, 0.25) is 5.02 Å². The summed E-state index contributed by atoms with van der Waals surface area (Å²) in [5, 5.41) is 0.774. The number of ether oxygens (including phenoxy) is 1. The SMILES string of the molecule is NNC(CSc1cccc(Cl)c1)C1CCOC1. The topological polar surface area (TPSA) is 47.3 Å². The van der Waals surface area contributed by atoms with E-state index in [9.17, 15) is 0 Å². The van der Waals surface area contributed by atoms with Crippen LogP contribution in [0.4, 0.5) is 0 Å². The van der Waals surface area contributed by atoms with Crippen molar-refractivity contribution in [1.82, 2.24) is 5.43 Å². The van der Waals surface area contributed by atoms with E-state index < -0.39 is 0 Å². The number of hydrogen-bond donors (Lipinski definition) is 2. The van der Waals surface area contributed by atoms with Gasteiger partial charge in [0.25, 0.3) is 0 Å². The highest BCUT2D eigenvalue weighted by atomic mass is 35.5. The number of nitrogens with one attached hydrogen (secondary N) is 1. The summed E-state index contributed by atoms with van der Waals surface area (Å²) in [5.74, 6) is 7.06. The van der Waals surface area contributed by atoms with Crippen molar-refractivity contribution in [3.8, 4) is 0 Å². The smallest absolute Gasteiger partial charge is 0.0510 e. The Morgan fingerprint density at radius 2 is 2.47 bits per heavy atom.